The lowest BCUT2D eigenvalue weighted by molar-refractivity contribution is 0.459. The van der Waals surface area contributed by atoms with Gasteiger partial charge in [-0.05, 0) is 19.1 Å². The highest BCUT2D eigenvalue weighted by atomic mass is 16.4. The minimum atomic E-state index is -0.479. The molecule has 2 aromatic rings. The van der Waals surface area contributed by atoms with Crippen LogP contribution in [0.5, 0.6) is 0 Å². The summed E-state index contributed by atoms with van der Waals surface area (Å²) in [6, 6.07) is 7.48. The maximum absolute atomic E-state index is 11.5. The molecule has 2 N–H and O–H groups in total. The Kier molecular flexibility index (Phi) is 2.87. The zero-order valence-corrected chi connectivity index (χ0v) is 9.01. The first kappa shape index (κ1) is 10.6. The molecule has 0 saturated carbocycles. The third-order valence-electron chi connectivity index (χ3n) is 2.23. The summed E-state index contributed by atoms with van der Waals surface area (Å²) in [6.45, 7) is 2.39. The number of aromatic nitrogens is 2. The molecule has 0 bridgehead atoms. The molecule has 1 aromatic heterocycles. The Labute approximate surface area is 92.5 Å². The van der Waals surface area contributed by atoms with Crippen LogP contribution in [0.3, 0.4) is 0 Å². The van der Waals surface area contributed by atoms with Crippen LogP contribution in [-0.2, 0) is 6.42 Å². The van der Waals surface area contributed by atoms with E-state index >= 15 is 0 Å². The molecule has 5 heteroatoms. The molecule has 2 rings (SSSR count). The van der Waals surface area contributed by atoms with Crippen molar-refractivity contribution in [1.82, 2.24) is 9.78 Å². The number of nitrogens with two attached hydrogens (primary N) is 1. The summed E-state index contributed by atoms with van der Waals surface area (Å²) in [5.41, 5.74) is 7.19. The highest BCUT2D eigenvalue weighted by Crippen LogP contribution is 2.06. The SMILES string of the molecule is Cc1ccc(-n2nc(CCN)oc2=O)cc1. The predicted molar refractivity (Wildman–Crippen MR) is 59.6 cm³/mol. The first-order valence-electron chi connectivity index (χ1n) is 5.07. The van der Waals surface area contributed by atoms with Crippen molar-refractivity contribution in [1.29, 1.82) is 0 Å². The van der Waals surface area contributed by atoms with E-state index in [0.29, 0.717) is 24.5 Å². The van der Waals surface area contributed by atoms with Crippen molar-refractivity contribution in [2.45, 2.75) is 13.3 Å². The summed E-state index contributed by atoms with van der Waals surface area (Å²) in [7, 11) is 0. The van der Waals surface area contributed by atoms with Gasteiger partial charge in [-0.25, -0.2) is 4.79 Å². The average molecular weight is 219 g/mol. The number of hydrogen-bond acceptors (Lipinski definition) is 4. The Morgan fingerprint density at radius 3 is 2.69 bits per heavy atom. The average Bonchev–Trinajstić information content (AvgIpc) is 2.61. The minimum Gasteiger partial charge on any atom is -0.392 e. The van der Waals surface area contributed by atoms with Crippen molar-refractivity contribution in [2.75, 3.05) is 6.54 Å². The van der Waals surface area contributed by atoms with Crippen LogP contribution in [-0.4, -0.2) is 16.3 Å². The van der Waals surface area contributed by atoms with Crippen molar-refractivity contribution < 1.29 is 4.42 Å². The Morgan fingerprint density at radius 1 is 1.38 bits per heavy atom. The summed E-state index contributed by atoms with van der Waals surface area (Å²) in [6.07, 6.45) is 0.466. The van der Waals surface area contributed by atoms with Gasteiger partial charge in [0.1, 0.15) is 0 Å². The molecule has 0 unspecified atom stereocenters. The van der Waals surface area contributed by atoms with Crippen LogP contribution in [0.1, 0.15) is 11.5 Å². The molecule has 0 spiro atoms. The van der Waals surface area contributed by atoms with Crippen LogP contribution >= 0.6 is 0 Å². The van der Waals surface area contributed by atoms with Crippen LogP contribution in [0, 0.1) is 6.92 Å². The highest BCUT2D eigenvalue weighted by Gasteiger charge is 2.08. The van der Waals surface area contributed by atoms with Crippen LogP contribution in [0.4, 0.5) is 0 Å². The van der Waals surface area contributed by atoms with Crippen LogP contribution < -0.4 is 11.5 Å². The summed E-state index contributed by atoms with van der Waals surface area (Å²) in [5, 5.41) is 4.06. The maximum atomic E-state index is 11.5. The van der Waals surface area contributed by atoms with E-state index in [0.717, 1.165) is 5.56 Å². The van der Waals surface area contributed by atoms with E-state index in [1.165, 1.54) is 4.68 Å². The molecule has 0 radical (unpaired) electrons. The lowest BCUT2D eigenvalue weighted by Gasteiger charge is -1.97. The molecule has 1 heterocycles. The van der Waals surface area contributed by atoms with Crippen molar-refractivity contribution >= 4 is 0 Å². The second-order valence-corrected chi connectivity index (χ2v) is 3.55. The molecule has 0 fully saturated rings. The monoisotopic (exact) mass is 219 g/mol. The van der Waals surface area contributed by atoms with E-state index in [9.17, 15) is 4.79 Å². The van der Waals surface area contributed by atoms with Crippen molar-refractivity contribution in [2.24, 2.45) is 5.73 Å². The van der Waals surface area contributed by atoms with Gasteiger partial charge in [0.25, 0.3) is 0 Å². The summed E-state index contributed by atoms with van der Waals surface area (Å²) < 4.78 is 6.20. The van der Waals surface area contributed by atoms with E-state index < -0.39 is 5.76 Å². The standard InChI is InChI=1S/C11H13N3O2/c1-8-2-4-9(5-3-8)14-11(15)16-10(13-14)6-7-12/h2-5H,6-7,12H2,1H3. The number of hydrogen-bond donors (Lipinski definition) is 1. The zero-order chi connectivity index (χ0) is 11.5. The van der Waals surface area contributed by atoms with Crippen LogP contribution in [0.15, 0.2) is 33.5 Å². The summed E-state index contributed by atoms with van der Waals surface area (Å²) in [4.78, 5) is 11.5. The third kappa shape index (κ3) is 2.04. The number of aryl methyl sites for hydroxylation is 1. The molecule has 5 nitrogen and oxygen atoms in total. The fourth-order valence-corrected chi connectivity index (χ4v) is 1.39. The van der Waals surface area contributed by atoms with Gasteiger partial charge >= 0.3 is 5.76 Å². The number of rotatable bonds is 3. The van der Waals surface area contributed by atoms with Gasteiger partial charge in [0.05, 0.1) is 5.69 Å². The van der Waals surface area contributed by atoms with Gasteiger partial charge in [0.2, 0.25) is 5.89 Å². The van der Waals surface area contributed by atoms with E-state index in [1.807, 2.05) is 31.2 Å². The predicted octanol–water partition coefficient (Wildman–Crippen LogP) is 0.635. The zero-order valence-electron chi connectivity index (χ0n) is 9.01. The van der Waals surface area contributed by atoms with Gasteiger partial charge in [-0.2, -0.15) is 4.68 Å². The number of benzene rings is 1. The lowest BCUT2D eigenvalue weighted by Crippen LogP contribution is -2.13. The van der Waals surface area contributed by atoms with Gasteiger partial charge in [-0.15, -0.1) is 5.10 Å². The molecule has 0 aliphatic heterocycles. The number of nitrogens with zero attached hydrogens (tertiary/aromatic N) is 2. The molecule has 16 heavy (non-hydrogen) atoms. The second-order valence-electron chi connectivity index (χ2n) is 3.55. The highest BCUT2D eigenvalue weighted by molar-refractivity contribution is 5.32. The Bertz CT molecular complexity index is 525. The van der Waals surface area contributed by atoms with E-state index in [4.69, 9.17) is 10.2 Å². The summed E-state index contributed by atoms with van der Waals surface area (Å²) >= 11 is 0. The molecule has 0 aliphatic carbocycles. The maximum Gasteiger partial charge on any atom is 0.441 e. The smallest absolute Gasteiger partial charge is 0.392 e. The molecule has 0 aliphatic rings. The van der Waals surface area contributed by atoms with Crippen LogP contribution in [0.2, 0.25) is 0 Å². The van der Waals surface area contributed by atoms with Gasteiger partial charge < -0.3 is 10.2 Å². The van der Waals surface area contributed by atoms with E-state index in [1.54, 1.807) is 0 Å². The first-order chi connectivity index (χ1) is 7.70. The fourth-order valence-electron chi connectivity index (χ4n) is 1.39. The van der Waals surface area contributed by atoms with E-state index in [2.05, 4.69) is 5.10 Å². The molecule has 84 valence electrons. The minimum absolute atomic E-state index is 0.369. The Balaban J connectivity index is 2.40. The molecular formula is C11H13N3O2. The fraction of sp³-hybridized carbons (Fsp3) is 0.273. The van der Waals surface area contributed by atoms with Gasteiger partial charge in [0, 0.05) is 13.0 Å². The molecule has 0 amide bonds. The Morgan fingerprint density at radius 2 is 2.06 bits per heavy atom. The van der Waals surface area contributed by atoms with Gasteiger partial charge in [-0.1, -0.05) is 17.7 Å². The third-order valence-corrected chi connectivity index (χ3v) is 2.23. The first-order valence-corrected chi connectivity index (χ1v) is 5.07. The second kappa shape index (κ2) is 4.32. The summed E-state index contributed by atoms with van der Waals surface area (Å²) in [5.74, 6) is -0.111. The molecule has 1 aromatic carbocycles. The molecule has 0 saturated heterocycles. The van der Waals surface area contributed by atoms with Gasteiger partial charge in [-0.3, -0.25) is 0 Å². The van der Waals surface area contributed by atoms with E-state index in [-0.39, 0.29) is 0 Å². The topological polar surface area (TPSA) is 74.1 Å². The van der Waals surface area contributed by atoms with Crippen molar-refractivity contribution in [3.05, 3.63) is 46.3 Å². The molecule has 0 atom stereocenters. The Hall–Kier alpha value is -1.88. The van der Waals surface area contributed by atoms with Crippen molar-refractivity contribution in [3.8, 4) is 5.69 Å². The van der Waals surface area contributed by atoms with Gasteiger partial charge in [0.15, 0.2) is 0 Å². The van der Waals surface area contributed by atoms with Crippen molar-refractivity contribution in [3.63, 3.8) is 0 Å². The quantitative estimate of drug-likeness (QED) is 0.821. The normalized spacial score (nSPS) is 10.6. The molecular weight excluding hydrogens is 206 g/mol. The lowest BCUT2D eigenvalue weighted by atomic mass is 10.2. The van der Waals surface area contributed by atoms with Crippen LogP contribution in [0.25, 0.3) is 5.69 Å². The largest absolute Gasteiger partial charge is 0.441 e.